The van der Waals surface area contributed by atoms with Crippen molar-refractivity contribution in [3.8, 4) is 0 Å². The minimum atomic E-state index is -0.718. The van der Waals surface area contributed by atoms with Crippen molar-refractivity contribution in [2.45, 2.75) is 6.42 Å². The third kappa shape index (κ3) is 2.98. The molecule has 0 amide bonds. The number of Topliss-reactive ketones (excluding diaryl/α,β-unsaturated/α-hetero) is 1. The van der Waals surface area contributed by atoms with E-state index >= 15 is 0 Å². The topological polar surface area (TPSA) is 30.0 Å². The first kappa shape index (κ1) is 12.8. The molecule has 0 aliphatic carbocycles. The average Bonchev–Trinajstić information content (AvgIpc) is 2.32. The zero-order valence-electron chi connectivity index (χ0n) is 9.16. The summed E-state index contributed by atoms with van der Waals surface area (Å²) in [5.41, 5.74) is 0.396. The number of rotatable bonds is 3. The first-order chi connectivity index (χ1) is 8.56. The van der Waals surface area contributed by atoms with Crippen molar-refractivity contribution in [1.29, 1.82) is 0 Å². The predicted molar refractivity (Wildman–Crippen MR) is 66.3 cm³/mol. The fraction of sp³-hybridized carbons (Fsp3) is 0.0769. The Morgan fingerprint density at radius 3 is 2.72 bits per heavy atom. The minimum Gasteiger partial charge on any atom is -0.294 e. The molecule has 0 fully saturated rings. The van der Waals surface area contributed by atoms with E-state index in [1.54, 1.807) is 12.3 Å². The first-order valence-electron chi connectivity index (χ1n) is 5.14. The Morgan fingerprint density at radius 2 is 2.00 bits per heavy atom. The molecule has 0 spiro atoms. The molecule has 0 saturated carbocycles. The van der Waals surface area contributed by atoms with E-state index in [9.17, 15) is 13.6 Å². The molecule has 1 heterocycles. The van der Waals surface area contributed by atoms with Crippen LogP contribution in [0, 0.1) is 11.6 Å². The van der Waals surface area contributed by atoms with Gasteiger partial charge in [-0.1, -0.05) is 0 Å². The van der Waals surface area contributed by atoms with E-state index in [2.05, 4.69) is 20.9 Å². The molecule has 1 aromatic carbocycles. The number of carbonyl (C=O) groups is 1. The van der Waals surface area contributed by atoms with Gasteiger partial charge in [-0.3, -0.25) is 9.78 Å². The van der Waals surface area contributed by atoms with E-state index in [0.717, 1.165) is 22.7 Å². The van der Waals surface area contributed by atoms with Crippen LogP contribution in [0.2, 0.25) is 0 Å². The third-order valence-electron chi connectivity index (χ3n) is 2.36. The second kappa shape index (κ2) is 5.35. The Bertz CT molecular complexity index is 601. The van der Waals surface area contributed by atoms with Gasteiger partial charge in [0.15, 0.2) is 5.78 Å². The van der Waals surface area contributed by atoms with Crippen LogP contribution in [0.5, 0.6) is 0 Å². The molecule has 0 aliphatic heterocycles. The summed E-state index contributed by atoms with van der Waals surface area (Å²) in [6.45, 7) is 0. The van der Waals surface area contributed by atoms with Crippen molar-refractivity contribution in [2.24, 2.45) is 0 Å². The highest BCUT2D eigenvalue weighted by Gasteiger charge is 2.13. The molecule has 0 N–H and O–H groups in total. The molecule has 0 aliphatic rings. The van der Waals surface area contributed by atoms with Crippen LogP contribution in [-0.2, 0) is 6.42 Å². The summed E-state index contributed by atoms with van der Waals surface area (Å²) in [6.07, 6.45) is 3.07. The van der Waals surface area contributed by atoms with E-state index in [4.69, 9.17) is 0 Å². The van der Waals surface area contributed by atoms with Gasteiger partial charge in [-0.2, -0.15) is 0 Å². The number of carbonyl (C=O) groups excluding carboxylic acids is 1. The van der Waals surface area contributed by atoms with Crippen LogP contribution in [0.4, 0.5) is 8.78 Å². The monoisotopic (exact) mass is 311 g/mol. The normalized spacial score (nSPS) is 10.4. The summed E-state index contributed by atoms with van der Waals surface area (Å²) in [5.74, 6) is -1.83. The molecule has 0 saturated heterocycles. The molecule has 0 atom stereocenters. The Labute approximate surface area is 111 Å². The molecule has 0 radical (unpaired) electrons. The summed E-state index contributed by atoms with van der Waals surface area (Å²) in [5, 5.41) is 0. The number of hydrogen-bond donors (Lipinski definition) is 0. The fourth-order valence-corrected chi connectivity index (χ4v) is 1.96. The summed E-state index contributed by atoms with van der Waals surface area (Å²) in [6, 6.07) is 4.54. The third-order valence-corrected chi connectivity index (χ3v) is 2.79. The zero-order chi connectivity index (χ0) is 13.1. The SMILES string of the molecule is O=C(Cc1cncc(Br)c1)c1cc(F)ccc1F. The highest BCUT2D eigenvalue weighted by molar-refractivity contribution is 9.10. The lowest BCUT2D eigenvalue weighted by atomic mass is 10.0. The number of halogens is 3. The quantitative estimate of drug-likeness (QED) is 0.811. The van der Waals surface area contributed by atoms with Gasteiger partial charge in [0.25, 0.3) is 0 Å². The van der Waals surface area contributed by atoms with E-state index in [1.807, 2.05) is 0 Å². The van der Waals surface area contributed by atoms with Crippen molar-refractivity contribution >= 4 is 21.7 Å². The number of nitrogens with zero attached hydrogens (tertiary/aromatic N) is 1. The van der Waals surface area contributed by atoms with Crippen molar-refractivity contribution in [3.05, 3.63) is 63.9 Å². The van der Waals surface area contributed by atoms with E-state index in [1.165, 1.54) is 6.20 Å². The van der Waals surface area contributed by atoms with Gasteiger partial charge < -0.3 is 0 Å². The lowest BCUT2D eigenvalue weighted by molar-refractivity contribution is 0.0988. The predicted octanol–water partition coefficient (Wildman–Crippen LogP) is 3.55. The summed E-state index contributed by atoms with van der Waals surface area (Å²) in [7, 11) is 0. The maximum Gasteiger partial charge on any atom is 0.170 e. The molecule has 2 rings (SSSR count). The van der Waals surface area contributed by atoms with Gasteiger partial charge in [0.2, 0.25) is 0 Å². The van der Waals surface area contributed by atoms with Gasteiger partial charge in [0.1, 0.15) is 11.6 Å². The largest absolute Gasteiger partial charge is 0.294 e. The molecule has 2 aromatic rings. The van der Waals surface area contributed by atoms with Crippen molar-refractivity contribution < 1.29 is 13.6 Å². The number of benzene rings is 1. The van der Waals surface area contributed by atoms with Crippen LogP contribution < -0.4 is 0 Å². The van der Waals surface area contributed by atoms with Gasteiger partial charge in [-0.25, -0.2) is 8.78 Å². The second-order valence-corrected chi connectivity index (χ2v) is 4.65. The number of hydrogen-bond acceptors (Lipinski definition) is 2. The summed E-state index contributed by atoms with van der Waals surface area (Å²) < 4.78 is 27.1. The van der Waals surface area contributed by atoms with Gasteiger partial charge in [0.05, 0.1) is 5.56 Å². The Kier molecular flexibility index (Phi) is 3.81. The van der Waals surface area contributed by atoms with Gasteiger partial charge in [-0.15, -0.1) is 0 Å². The lowest BCUT2D eigenvalue weighted by Gasteiger charge is -2.03. The fourth-order valence-electron chi connectivity index (χ4n) is 1.54. The molecule has 0 bridgehead atoms. The van der Waals surface area contributed by atoms with E-state index in [0.29, 0.717) is 5.56 Å². The number of ketones is 1. The number of pyridine rings is 1. The molecule has 5 heteroatoms. The molecular formula is C13H8BrF2NO. The van der Waals surface area contributed by atoms with Gasteiger partial charge in [-0.05, 0) is 45.8 Å². The maximum absolute atomic E-state index is 13.4. The van der Waals surface area contributed by atoms with E-state index < -0.39 is 17.4 Å². The van der Waals surface area contributed by atoms with Gasteiger partial charge in [0, 0.05) is 23.3 Å². The summed E-state index contributed by atoms with van der Waals surface area (Å²) >= 11 is 3.23. The van der Waals surface area contributed by atoms with Crippen LogP contribution in [0.15, 0.2) is 41.1 Å². The van der Waals surface area contributed by atoms with Crippen LogP contribution in [0.25, 0.3) is 0 Å². The van der Waals surface area contributed by atoms with Crippen LogP contribution >= 0.6 is 15.9 Å². The van der Waals surface area contributed by atoms with Crippen molar-refractivity contribution in [1.82, 2.24) is 4.98 Å². The van der Waals surface area contributed by atoms with Crippen LogP contribution in [0.1, 0.15) is 15.9 Å². The second-order valence-electron chi connectivity index (χ2n) is 3.74. The maximum atomic E-state index is 13.4. The molecule has 2 nitrogen and oxygen atoms in total. The highest BCUT2D eigenvalue weighted by atomic mass is 79.9. The molecule has 1 aromatic heterocycles. The Hall–Kier alpha value is -1.62. The standard InChI is InChI=1S/C13H8BrF2NO/c14-9-3-8(6-17-7-9)4-13(18)11-5-10(15)1-2-12(11)16/h1-3,5-7H,4H2. The molecular weight excluding hydrogens is 304 g/mol. The molecule has 0 unspecified atom stereocenters. The number of aromatic nitrogens is 1. The van der Waals surface area contributed by atoms with Crippen molar-refractivity contribution in [3.63, 3.8) is 0 Å². The first-order valence-corrected chi connectivity index (χ1v) is 5.93. The van der Waals surface area contributed by atoms with Crippen molar-refractivity contribution in [2.75, 3.05) is 0 Å². The lowest BCUT2D eigenvalue weighted by Crippen LogP contribution is -2.07. The molecule has 18 heavy (non-hydrogen) atoms. The molecule has 92 valence electrons. The van der Waals surface area contributed by atoms with Crippen LogP contribution in [-0.4, -0.2) is 10.8 Å². The van der Waals surface area contributed by atoms with E-state index in [-0.39, 0.29) is 12.0 Å². The van der Waals surface area contributed by atoms with Gasteiger partial charge >= 0.3 is 0 Å². The summed E-state index contributed by atoms with van der Waals surface area (Å²) in [4.78, 5) is 15.8. The minimum absolute atomic E-state index is 0.0210. The smallest absolute Gasteiger partial charge is 0.170 e. The zero-order valence-corrected chi connectivity index (χ0v) is 10.7. The Morgan fingerprint density at radius 1 is 1.22 bits per heavy atom. The Balaban J connectivity index is 2.24. The van der Waals surface area contributed by atoms with Crippen LogP contribution in [0.3, 0.4) is 0 Å². The average molecular weight is 312 g/mol. The highest BCUT2D eigenvalue weighted by Crippen LogP contribution is 2.15.